The fourth-order valence-electron chi connectivity index (χ4n) is 2.55. The largest absolute Gasteiger partial charge is 0.327 e. The molecule has 2 rings (SSSR count). The van der Waals surface area contributed by atoms with Crippen molar-refractivity contribution in [3.63, 3.8) is 0 Å². The second-order valence-corrected chi connectivity index (χ2v) is 7.43. The molecule has 0 spiro atoms. The molecule has 0 bridgehead atoms. The first kappa shape index (κ1) is 14.4. The Bertz CT molecular complexity index is 560. The molecule has 2 unspecified atom stereocenters. The van der Waals surface area contributed by atoms with Crippen LogP contribution in [0.4, 0.5) is 8.78 Å². The van der Waals surface area contributed by atoms with Crippen LogP contribution in [-0.4, -0.2) is 26.0 Å². The predicted molar refractivity (Wildman–Crippen MR) is 69.4 cm³/mol. The summed E-state index contributed by atoms with van der Waals surface area (Å²) in [5, 5.41) is 0. The van der Waals surface area contributed by atoms with Crippen molar-refractivity contribution in [2.75, 3.05) is 11.5 Å². The van der Waals surface area contributed by atoms with Gasteiger partial charge in [-0.1, -0.05) is 0 Å². The van der Waals surface area contributed by atoms with Gasteiger partial charge in [-0.15, -0.1) is 0 Å². The van der Waals surface area contributed by atoms with Gasteiger partial charge in [0.2, 0.25) is 0 Å². The molecule has 1 aliphatic rings. The Morgan fingerprint density at radius 3 is 2.74 bits per heavy atom. The van der Waals surface area contributed by atoms with Crippen LogP contribution < -0.4 is 5.73 Å². The number of hydrogen-bond donors (Lipinski definition) is 1. The van der Waals surface area contributed by atoms with E-state index in [4.69, 9.17) is 5.73 Å². The van der Waals surface area contributed by atoms with E-state index in [2.05, 4.69) is 0 Å². The van der Waals surface area contributed by atoms with Crippen LogP contribution in [0.3, 0.4) is 0 Å². The van der Waals surface area contributed by atoms with Gasteiger partial charge >= 0.3 is 0 Å². The van der Waals surface area contributed by atoms with Gasteiger partial charge < -0.3 is 5.73 Å². The van der Waals surface area contributed by atoms with Crippen LogP contribution in [0.25, 0.3) is 0 Å². The van der Waals surface area contributed by atoms with Crippen molar-refractivity contribution in [1.29, 1.82) is 0 Å². The Balaban J connectivity index is 1.94. The summed E-state index contributed by atoms with van der Waals surface area (Å²) in [5.74, 6) is -0.565. The zero-order valence-electron chi connectivity index (χ0n) is 10.5. The number of rotatable bonds is 4. The van der Waals surface area contributed by atoms with Crippen molar-refractivity contribution < 1.29 is 17.2 Å². The van der Waals surface area contributed by atoms with Gasteiger partial charge in [0.1, 0.15) is 11.6 Å². The second kappa shape index (κ2) is 5.54. The number of nitrogens with two attached hydrogens (primary N) is 1. The molecule has 1 aromatic rings. The zero-order chi connectivity index (χ0) is 14.0. The number of sulfone groups is 1. The van der Waals surface area contributed by atoms with Gasteiger partial charge in [-0.25, -0.2) is 17.2 Å². The smallest absolute Gasteiger partial charge is 0.150 e. The molecule has 1 aliphatic heterocycles. The van der Waals surface area contributed by atoms with Crippen molar-refractivity contribution in [2.45, 2.75) is 25.3 Å². The van der Waals surface area contributed by atoms with Crippen LogP contribution in [0.5, 0.6) is 0 Å². The predicted octanol–water partition coefficient (Wildman–Crippen LogP) is 1.66. The fraction of sp³-hybridized carbons (Fsp3) is 0.538. The third-order valence-electron chi connectivity index (χ3n) is 3.45. The lowest BCUT2D eigenvalue weighted by atomic mass is 9.95. The monoisotopic (exact) mass is 289 g/mol. The number of hydrogen-bond acceptors (Lipinski definition) is 3. The van der Waals surface area contributed by atoms with E-state index >= 15 is 0 Å². The Labute approximate surface area is 111 Å². The minimum Gasteiger partial charge on any atom is -0.327 e. The summed E-state index contributed by atoms with van der Waals surface area (Å²) in [5.41, 5.74) is 6.15. The Morgan fingerprint density at radius 1 is 1.37 bits per heavy atom. The third kappa shape index (κ3) is 3.98. The lowest BCUT2D eigenvalue weighted by molar-refractivity contribution is 0.461. The van der Waals surface area contributed by atoms with Gasteiger partial charge in [0.15, 0.2) is 9.84 Å². The summed E-state index contributed by atoms with van der Waals surface area (Å²) in [6.07, 6.45) is 1.36. The average molecular weight is 289 g/mol. The van der Waals surface area contributed by atoms with Gasteiger partial charge in [-0.3, -0.25) is 0 Å². The molecule has 0 aromatic heterocycles. The van der Waals surface area contributed by atoms with Crippen LogP contribution in [0.1, 0.15) is 18.4 Å². The van der Waals surface area contributed by atoms with Crippen LogP contribution in [-0.2, 0) is 16.3 Å². The minimum atomic E-state index is -2.92. The van der Waals surface area contributed by atoms with Gasteiger partial charge in [0, 0.05) is 6.04 Å². The molecule has 1 aromatic carbocycles. The van der Waals surface area contributed by atoms with Crippen molar-refractivity contribution in [3.8, 4) is 0 Å². The number of benzene rings is 1. The van der Waals surface area contributed by atoms with Crippen LogP contribution in [0, 0.1) is 17.6 Å². The SMILES string of the molecule is NC(Cc1cc(F)ccc1F)CC1CCS(=O)(=O)C1. The molecule has 0 saturated carbocycles. The van der Waals surface area contributed by atoms with Crippen molar-refractivity contribution in [1.82, 2.24) is 0 Å². The molecule has 0 aliphatic carbocycles. The molecular formula is C13H17F2NO2S. The molecular weight excluding hydrogens is 272 g/mol. The molecule has 0 amide bonds. The van der Waals surface area contributed by atoms with Crippen molar-refractivity contribution in [2.24, 2.45) is 11.7 Å². The van der Waals surface area contributed by atoms with Crippen LogP contribution >= 0.6 is 0 Å². The van der Waals surface area contributed by atoms with Gasteiger partial charge in [0.25, 0.3) is 0 Å². The zero-order valence-corrected chi connectivity index (χ0v) is 11.3. The first-order valence-corrected chi connectivity index (χ1v) is 8.08. The standard InChI is InChI=1S/C13H17F2NO2S/c14-11-1-2-13(15)10(6-11)7-12(16)5-9-3-4-19(17,18)8-9/h1-2,6,9,12H,3-5,7-8,16H2. The molecule has 106 valence electrons. The maximum Gasteiger partial charge on any atom is 0.150 e. The lowest BCUT2D eigenvalue weighted by Crippen LogP contribution is -2.27. The van der Waals surface area contributed by atoms with E-state index in [1.807, 2.05) is 0 Å². The van der Waals surface area contributed by atoms with Crippen molar-refractivity contribution >= 4 is 9.84 Å². The molecule has 1 heterocycles. The summed E-state index contributed by atoms with van der Waals surface area (Å²) in [4.78, 5) is 0. The molecule has 2 N–H and O–H groups in total. The Kier molecular flexibility index (Phi) is 4.20. The Morgan fingerprint density at radius 2 is 2.11 bits per heavy atom. The molecule has 6 heteroatoms. The molecule has 3 nitrogen and oxygen atoms in total. The van der Waals surface area contributed by atoms with Crippen molar-refractivity contribution in [3.05, 3.63) is 35.4 Å². The summed E-state index contributed by atoms with van der Waals surface area (Å²) >= 11 is 0. The highest BCUT2D eigenvalue weighted by molar-refractivity contribution is 7.91. The molecule has 1 fully saturated rings. The van der Waals surface area contributed by atoms with Gasteiger partial charge in [0.05, 0.1) is 11.5 Å². The highest BCUT2D eigenvalue weighted by Crippen LogP contribution is 2.24. The summed E-state index contributed by atoms with van der Waals surface area (Å²) in [6, 6.07) is 2.93. The van der Waals surface area contributed by atoms with Gasteiger partial charge in [-0.05, 0) is 48.9 Å². The summed E-state index contributed by atoms with van der Waals surface area (Å²) < 4.78 is 49.1. The average Bonchev–Trinajstić information content (AvgIpc) is 2.63. The molecule has 0 radical (unpaired) electrons. The minimum absolute atomic E-state index is 0.0385. The topological polar surface area (TPSA) is 60.2 Å². The summed E-state index contributed by atoms with van der Waals surface area (Å²) in [7, 11) is -2.92. The van der Waals surface area contributed by atoms with E-state index in [-0.39, 0.29) is 35.4 Å². The van der Waals surface area contributed by atoms with Crippen LogP contribution in [0.2, 0.25) is 0 Å². The van der Waals surface area contributed by atoms with E-state index in [9.17, 15) is 17.2 Å². The molecule has 19 heavy (non-hydrogen) atoms. The van der Waals surface area contributed by atoms with Gasteiger partial charge in [-0.2, -0.15) is 0 Å². The maximum atomic E-state index is 13.4. The first-order chi connectivity index (χ1) is 8.85. The van der Waals surface area contributed by atoms with E-state index in [1.54, 1.807) is 0 Å². The van der Waals surface area contributed by atoms with E-state index in [0.717, 1.165) is 18.2 Å². The highest BCUT2D eigenvalue weighted by atomic mass is 32.2. The second-order valence-electron chi connectivity index (χ2n) is 5.20. The van der Waals surface area contributed by atoms with E-state index in [0.29, 0.717) is 12.8 Å². The molecule has 2 atom stereocenters. The quantitative estimate of drug-likeness (QED) is 0.917. The maximum absolute atomic E-state index is 13.4. The third-order valence-corrected chi connectivity index (χ3v) is 5.29. The lowest BCUT2D eigenvalue weighted by Gasteiger charge is -2.16. The first-order valence-electron chi connectivity index (χ1n) is 6.25. The molecule has 1 saturated heterocycles. The van der Waals surface area contributed by atoms with E-state index < -0.39 is 21.5 Å². The summed E-state index contributed by atoms with van der Waals surface area (Å²) in [6.45, 7) is 0. The Hall–Kier alpha value is -1.01. The normalized spacial score (nSPS) is 23.4. The highest BCUT2D eigenvalue weighted by Gasteiger charge is 2.29. The number of halogens is 2. The fourth-order valence-corrected chi connectivity index (χ4v) is 4.43. The van der Waals surface area contributed by atoms with Crippen LogP contribution in [0.15, 0.2) is 18.2 Å². The van der Waals surface area contributed by atoms with E-state index in [1.165, 1.54) is 0 Å².